The predicted molar refractivity (Wildman–Crippen MR) is 121 cm³/mol. The van der Waals surface area contributed by atoms with Gasteiger partial charge in [0, 0.05) is 16.6 Å². The van der Waals surface area contributed by atoms with Gasteiger partial charge in [0.25, 0.3) is 0 Å². The molecule has 0 aromatic heterocycles. The molecule has 0 aliphatic heterocycles. The van der Waals surface area contributed by atoms with Crippen molar-refractivity contribution in [3.63, 3.8) is 0 Å². The molecule has 1 N–H and O–H groups in total. The minimum absolute atomic E-state index is 0.329. The molecule has 5 nitrogen and oxygen atoms in total. The van der Waals surface area contributed by atoms with Crippen LogP contribution in [0.25, 0.3) is 0 Å². The van der Waals surface area contributed by atoms with Crippen molar-refractivity contribution in [2.24, 2.45) is 0 Å². The molecule has 6 heteroatoms. The maximum absolute atomic E-state index is 12.0. The molecule has 0 bridgehead atoms. The topological polar surface area (TPSA) is 56.8 Å². The van der Waals surface area contributed by atoms with E-state index in [2.05, 4.69) is 21.2 Å². The fourth-order valence-electron chi connectivity index (χ4n) is 2.93. The van der Waals surface area contributed by atoms with Crippen LogP contribution in [0.3, 0.4) is 0 Å². The summed E-state index contributed by atoms with van der Waals surface area (Å²) in [5.74, 6) is 1.00. The Morgan fingerprint density at radius 1 is 1.00 bits per heavy atom. The molecular weight excluding hydrogens is 446 g/mol. The third-order valence-electron chi connectivity index (χ3n) is 4.44. The van der Waals surface area contributed by atoms with Crippen molar-refractivity contribution in [3.05, 3.63) is 87.9 Å². The summed E-state index contributed by atoms with van der Waals surface area (Å²) in [7, 11) is 1.57. The van der Waals surface area contributed by atoms with E-state index in [4.69, 9.17) is 14.2 Å². The number of carbonyl (C=O) groups excluding carboxylic acids is 1. The highest BCUT2D eigenvalue weighted by Crippen LogP contribution is 2.29. The summed E-state index contributed by atoms with van der Waals surface area (Å²) in [6.45, 7) is 3.13. The van der Waals surface area contributed by atoms with Crippen LogP contribution >= 0.6 is 15.9 Å². The van der Waals surface area contributed by atoms with Crippen molar-refractivity contribution in [2.75, 3.05) is 19.0 Å². The molecule has 156 valence electrons. The number of anilines is 1. The van der Waals surface area contributed by atoms with E-state index >= 15 is 0 Å². The van der Waals surface area contributed by atoms with Gasteiger partial charge in [-0.05, 0) is 48.9 Å². The molecule has 0 unspecified atom stereocenters. The van der Waals surface area contributed by atoms with Crippen LogP contribution in [0.2, 0.25) is 0 Å². The van der Waals surface area contributed by atoms with Crippen LogP contribution in [0.4, 0.5) is 5.69 Å². The van der Waals surface area contributed by atoms with E-state index in [0.29, 0.717) is 31.1 Å². The van der Waals surface area contributed by atoms with E-state index in [1.165, 1.54) is 0 Å². The molecule has 0 saturated heterocycles. The average molecular weight is 470 g/mol. The lowest BCUT2D eigenvalue weighted by Gasteiger charge is -2.16. The van der Waals surface area contributed by atoms with Gasteiger partial charge >= 0.3 is 5.97 Å². The van der Waals surface area contributed by atoms with Crippen LogP contribution in [-0.2, 0) is 17.9 Å². The zero-order valence-corrected chi connectivity index (χ0v) is 18.6. The van der Waals surface area contributed by atoms with Gasteiger partial charge in [0.1, 0.15) is 18.1 Å². The minimum atomic E-state index is -0.370. The molecule has 30 heavy (non-hydrogen) atoms. The van der Waals surface area contributed by atoms with Crippen molar-refractivity contribution < 1.29 is 19.0 Å². The summed E-state index contributed by atoms with van der Waals surface area (Å²) in [6, 6.07) is 21.2. The maximum Gasteiger partial charge on any atom is 0.338 e. The third kappa shape index (κ3) is 5.76. The van der Waals surface area contributed by atoms with Crippen LogP contribution in [0.5, 0.6) is 11.5 Å². The first kappa shape index (κ1) is 21.7. The molecule has 0 atom stereocenters. The largest absolute Gasteiger partial charge is 0.495 e. The number of rotatable bonds is 9. The van der Waals surface area contributed by atoms with E-state index in [1.807, 2.05) is 54.6 Å². The molecule has 0 amide bonds. The fraction of sp³-hybridized carbons (Fsp3) is 0.208. The van der Waals surface area contributed by atoms with Gasteiger partial charge in [0.05, 0.1) is 25.0 Å². The summed E-state index contributed by atoms with van der Waals surface area (Å²) in [5.41, 5.74) is 3.33. The highest BCUT2D eigenvalue weighted by atomic mass is 79.9. The Morgan fingerprint density at radius 2 is 1.80 bits per heavy atom. The maximum atomic E-state index is 12.0. The lowest BCUT2D eigenvalue weighted by atomic mass is 10.1. The highest BCUT2D eigenvalue weighted by molar-refractivity contribution is 9.10. The fourth-order valence-corrected chi connectivity index (χ4v) is 3.34. The molecule has 0 heterocycles. The van der Waals surface area contributed by atoms with Crippen LogP contribution in [0.15, 0.2) is 71.2 Å². The Morgan fingerprint density at radius 3 is 2.53 bits per heavy atom. The number of esters is 1. The lowest BCUT2D eigenvalue weighted by molar-refractivity contribution is 0.0526. The van der Waals surface area contributed by atoms with Crippen molar-refractivity contribution >= 4 is 27.6 Å². The Balaban J connectivity index is 1.73. The first-order valence-corrected chi connectivity index (χ1v) is 10.4. The van der Waals surface area contributed by atoms with E-state index in [1.54, 1.807) is 26.2 Å². The normalized spacial score (nSPS) is 10.4. The Bertz CT molecular complexity index is 992. The molecule has 3 rings (SSSR count). The summed E-state index contributed by atoms with van der Waals surface area (Å²) in [6.07, 6.45) is 0. The predicted octanol–water partition coefficient (Wildman–Crippen LogP) is 5.83. The van der Waals surface area contributed by atoms with Gasteiger partial charge in [-0.2, -0.15) is 0 Å². The second-order valence-electron chi connectivity index (χ2n) is 6.52. The van der Waals surface area contributed by atoms with Gasteiger partial charge in [-0.25, -0.2) is 4.79 Å². The summed E-state index contributed by atoms with van der Waals surface area (Å²) >= 11 is 3.53. The van der Waals surface area contributed by atoms with Crippen LogP contribution in [0.1, 0.15) is 28.4 Å². The second-order valence-corrected chi connectivity index (χ2v) is 7.43. The van der Waals surface area contributed by atoms with Crippen molar-refractivity contribution in [2.45, 2.75) is 20.1 Å². The van der Waals surface area contributed by atoms with Crippen LogP contribution < -0.4 is 14.8 Å². The van der Waals surface area contributed by atoms with Gasteiger partial charge in [-0.1, -0.05) is 46.3 Å². The number of hydrogen-bond acceptors (Lipinski definition) is 5. The van der Waals surface area contributed by atoms with Gasteiger partial charge in [-0.15, -0.1) is 0 Å². The second kappa shape index (κ2) is 10.7. The minimum Gasteiger partial charge on any atom is -0.495 e. The van der Waals surface area contributed by atoms with Crippen molar-refractivity contribution in [3.8, 4) is 11.5 Å². The lowest BCUT2D eigenvalue weighted by Crippen LogP contribution is -2.07. The van der Waals surface area contributed by atoms with Gasteiger partial charge in [0.2, 0.25) is 0 Å². The van der Waals surface area contributed by atoms with Gasteiger partial charge in [0.15, 0.2) is 0 Å². The number of hydrogen-bond donors (Lipinski definition) is 1. The van der Waals surface area contributed by atoms with Crippen LogP contribution in [-0.4, -0.2) is 19.7 Å². The number of carbonyl (C=O) groups is 1. The smallest absolute Gasteiger partial charge is 0.338 e. The van der Waals surface area contributed by atoms with Crippen molar-refractivity contribution in [1.29, 1.82) is 0 Å². The van der Waals surface area contributed by atoms with Gasteiger partial charge in [-0.3, -0.25) is 0 Å². The zero-order valence-electron chi connectivity index (χ0n) is 17.0. The van der Waals surface area contributed by atoms with E-state index in [-0.39, 0.29) is 5.97 Å². The number of halogens is 1. The quantitative estimate of drug-likeness (QED) is 0.399. The monoisotopic (exact) mass is 469 g/mol. The molecule has 0 fully saturated rings. The summed E-state index contributed by atoms with van der Waals surface area (Å²) in [4.78, 5) is 12.0. The average Bonchev–Trinajstić information content (AvgIpc) is 2.77. The molecule has 3 aromatic carbocycles. The molecule has 0 radical (unpaired) electrons. The first-order chi connectivity index (χ1) is 14.6. The Hall–Kier alpha value is -2.99. The van der Waals surface area contributed by atoms with E-state index in [9.17, 15) is 4.79 Å². The molecule has 0 saturated carbocycles. The molecule has 0 spiro atoms. The number of nitrogens with one attached hydrogen (secondary N) is 1. The highest BCUT2D eigenvalue weighted by Gasteiger charge is 2.12. The van der Waals surface area contributed by atoms with Crippen LogP contribution in [0, 0.1) is 0 Å². The Kier molecular flexibility index (Phi) is 7.74. The molecule has 0 aliphatic carbocycles. The standard InChI is InChI=1S/C24H24BrNO4/c1-3-29-24(27)18-9-11-21(23(14-18)28-2)26-15-19-13-20(25)10-12-22(19)30-16-17-7-5-4-6-8-17/h4-14,26H,3,15-16H2,1-2H3. The van der Waals surface area contributed by atoms with E-state index in [0.717, 1.165) is 27.0 Å². The number of methoxy groups -OCH3 is 1. The van der Waals surface area contributed by atoms with E-state index < -0.39 is 0 Å². The van der Waals surface area contributed by atoms with Crippen molar-refractivity contribution in [1.82, 2.24) is 0 Å². The zero-order chi connectivity index (χ0) is 21.3. The number of benzene rings is 3. The first-order valence-electron chi connectivity index (χ1n) is 9.65. The SMILES string of the molecule is CCOC(=O)c1ccc(NCc2cc(Br)ccc2OCc2ccccc2)c(OC)c1. The summed E-state index contributed by atoms with van der Waals surface area (Å²) < 4.78 is 17.5. The van der Waals surface area contributed by atoms with Gasteiger partial charge < -0.3 is 19.5 Å². The number of ether oxygens (including phenoxy) is 3. The summed E-state index contributed by atoms with van der Waals surface area (Å²) in [5, 5.41) is 3.37. The molecule has 0 aliphatic rings. The third-order valence-corrected chi connectivity index (χ3v) is 4.93. The molecular formula is C24H24BrNO4. The molecule has 3 aromatic rings. The Labute approximate surface area is 185 Å².